The predicted octanol–water partition coefficient (Wildman–Crippen LogP) is 2.31. The van der Waals surface area contributed by atoms with Crippen molar-refractivity contribution in [1.82, 2.24) is 4.90 Å². The second kappa shape index (κ2) is 5.92. The monoisotopic (exact) mass is 228 g/mol. The molecule has 0 aromatic heterocycles. The van der Waals surface area contributed by atoms with Crippen molar-refractivity contribution < 1.29 is 8.78 Å². The molecule has 2 nitrogen and oxygen atoms in total. The molecule has 90 valence electrons. The zero-order valence-electron chi connectivity index (χ0n) is 9.71. The molecule has 1 rings (SSSR count). The topological polar surface area (TPSA) is 29.3 Å². The quantitative estimate of drug-likeness (QED) is 0.838. The van der Waals surface area contributed by atoms with Crippen molar-refractivity contribution in [3.05, 3.63) is 35.4 Å². The van der Waals surface area contributed by atoms with Crippen molar-refractivity contribution in [1.29, 1.82) is 0 Å². The van der Waals surface area contributed by atoms with E-state index in [0.717, 1.165) is 25.1 Å². The Morgan fingerprint density at radius 1 is 1.38 bits per heavy atom. The Kier molecular flexibility index (Phi) is 4.83. The molecule has 1 aromatic carbocycles. The average molecular weight is 228 g/mol. The third-order valence-electron chi connectivity index (χ3n) is 2.65. The fraction of sp³-hybridized carbons (Fsp3) is 0.500. The molecule has 0 amide bonds. The van der Waals surface area contributed by atoms with Gasteiger partial charge in [0.05, 0.1) is 0 Å². The van der Waals surface area contributed by atoms with Gasteiger partial charge in [0.15, 0.2) is 0 Å². The van der Waals surface area contributed by atoms with Gasteiger partial charge in [0, 0.05) is 18.2 Å². The van der Waals surface area contributed by atoms with Gasteiger partial charge in [0.25, 0.3) is 0 Å². The minimum Gasteiger partial charge on any atom is -0.329 e. The number of rotatable bonds is 5. The number of nitrogens with two attached hydrogens (primary N) is 1. The highest BCUT2D eigenvalue weighted by molar-refractivity contribution is 5.22. The Morgan fingerprint density at radius 2 is 2.06 bits per heavy atom. The summed E-state index contributed by atoms with van der Waals surface area (Å²) >= 11 is 0. The van der Waals surface area contributed by atoms with Gasteiger partial charge in [-0.25, -0.2) is 8.78 Å². The maximum atomic E-state index is 13.6. The molecule has 4 heteroatoms. The molecule has 0 bridgehead atoms. The number of benzene rings is 1. The van der Waals surface area contributed by atoms with Crippen LogP contribution in [-0.2, 0) is 0 Å². The molecule has 0 aliphatic rings. The molecule has 1 aromatic rings. The molecule has 0 saturated heterocycles. The van der Waals surface area contributed by atoms with E-state index in [9.17, 15) is 8.78 Å². The Morgan fingerprint density at radius 3 is 2.62 bits per heavy atom. The fourth-order valence-corrected chi connectivity index (χ4v) is 1.82. The van der Waals surface area contributed by atoms with Crippen LogP contribution in [0.2, 0.25) is 0 Å². The lowest BCUT2D eigenvalue weighted by molar-refractivity contribution is 0.245. The number of nitrogens with zero attached hydrogens (tertiary/aromatic N) is 1. The Labute approximate surface area is 95.1 Å². The minimum atomic E-state index is -0.431. The molecular formula is C12H18F2N2. The molecule has 0 spiro atoms. The van der Waals surface area contributed by atoms with E-state index in [0.29, 0.717) is 5.56 Å². The van der Waals surface area contributed by atoms with E-state index in [1.807, 2.05) is 18.9 Å². The van der Waals surface area contributed by atoms with Crippen molar-refractivity contribution in [2.75, 3.05) is 20.1 Å². The van der Waals surface area contributed by atoms with E-state index < -0.39 is 11.6 Å². The van der Waals surface area contributed by atoms with Gasteiger partial charge in [-0.3, -0.25) is 4.90 Å². The zero-order chi connectivity index (χ0) is 12.1. The number of hydrogen-bond donors (Lipinski definition) is 1. The van der Waals surface area contributed by atoms with E-state index in [4.69, 9.17) is 5.73 Å². The van der Waals surface area contributed by atoms with E-state index >= 15 is 0 Å². The van der Waals surface area contributed by atoms with Crippen molar-refractivity contribution in [3.63, 3.8) is 0 Å². The van der Waals surface area contributed by atoms with Crippen LogP contribution >= 0.6 is 0 Å². The standard InChI is InChI=1S/C12H18F2N2/c1-3-6-16(2)12(8-15)10-7-9(13)4-5-11(10)14/h4-5,7,12H,3,6,8,15H2,1-2H3. The molecule has 0 aliphatic carbocycles. The summed E-state index contributed by atoms with van der Waals surface area (Å²) < 4.78 is 26.6. The summed E-state index contributed by atoms with van der Waals surface area (Å²) in [5.74, 6) is -0.834. The average Bonchev–Trinajstić information content (AvgIpc) is 2.24. The molecule has 0 radical (unpaired) electrons. The SMILES string of the molecule is CCCN(C)C(CN)c1cc(F)ccc1F. The first-order valence-corrected chi connectivity index (χ1v) is 5.45. The zero-order valence-corrected chi connectivity index (χ0v) is 9.71. The second-order valence-corrected chi connectivity index (χ2v) is 3.90. The third-order valence-corrected chi connectivity index (χ3v) is 2.65. The molecule has 0 heterocycles. The highest BCUT2D eigenvalue weighted by atomic mass is 19.1. The van der Waals surface area contributed by atoms with Gasteiger partial charge < -0.3 is 5.73 Å². The lowest BCUT2D eigenvalue weighted by Gasteiger charge is -2.27. The van der Waals surface area contributed by atoms with Crippen LogP contribution in [0.15, 0.2) is 18.2 Å². The van der Waals surface area contributed by atoms with E-state index in [1.54, 1.807) is 0 Å². The Hall–Kier alpha value is -1.00. The van der Waals surface area contributed by atoms with Crippen LogP contribution in [0.1, 0.15) is 24.9 Å². The molecular weight excluding hydrogens is 210 g/mol. The van der Waals surface area contributed by atoms with Crippen LogP contribution in [0.25, 0.3) is 0 Å². The molecule has 16 heavy (non-hydrogen) atoms. The van der Waals surface area contributed by atoms with Gasteiger partial charge in [-0.15, -0.1) is 0 Å². The first-order valence-electron chi connectivity index (χ1n) is 5.45. The minimum absolute atomic E-state index is 0.268. The van der Waals surface area contributed by atoms with Crippen molar-refractivity contribution >= 4 is 0 Å². The van der Waals surface area contributed by atoms with E-state index in [2.05, 4.69) is 0 Å². The van der Waals surface area contributed by atoms with Gasteiger partial charge >= 0.3 is 0 Å². The van der Waals surface area contributed by atoms with Gasteiger partial charge in [0.2, 0.25) is 0 Å². The molecule has 2 N–H and O–H groups in total. The molecule has 1 unspecified atom stereocenters. The summed E-state index contributed by atoms with van der Waals surface area (Å²) in [6.07, 6.45) is 0.948. The highest BCUT2D eigenvalue weighted by Crippen LogP contribution is 2.22. The summed E-state index contributed by atoms with van der Waals surface area (Å²) in [7, 11) is 1.87. The van der Waals surface area contributed by atoms with Gasteiger partial charge in [-0.1, -0.05) is 6.92 Å². The maximum absolute atomic E-state index is 13.6. The van der Waals surface area contributed by atoms with E-state index in [1.165, 1.54) is 6.07 Å². The molecule has 0 aliphatic heterocycles. The van der Waals surface area contributed by atoms with Gasteiger partial charge in [-0.05, 0) is 38.2 Å². The molecule has 0 saturated carbocycles. The first-order chi connectivity index (χ1) is 7.60. The molecule has 0 fully saturated rings. The van der Waals surface area contributed by atoms with E-state index in [-0.39, 0.29) is 12.6 Å². The summed E-state index contributed by atoms with van der Waals surface area (Å²) in [5, 5.41) is 0. The number of hydrogen-bond acceptors (Lipinski definition) is 2. The van der Waals surface area contributed by atoms with Crippen LogP contribution in [0, 0.1) is 11.6 Å². The predicted molar refractivity (Wildman–Crippen MR) is 61.1 cm³/mol. The lowest BCUT2D eigenvalue weighted by atomic mass is 10.0. The molecule has 1 atom stereocenters. The first kappa shape index (κ1) is 13.1. The van der Waals surface area contributed by atoms with Crippen LogP contribution in [0.4, 0.5) is 8.78 Å². The Bertz CT molecular complexity index is 342. The van der Waals surface area contributed by atoms with Crippen LogP contribution < -0.4 is 5.73 Å². The van der Waals surface area contributed by atoms with Crippen LogP contribution in [0.3, 0.4) is 0 Å². The maximum Gasteiger partial charge on any atom is 0.128 e. The van der Waals surface area contributed by atoms with Crippen molar-refractivity contribution in [2.24, 2.45) is 5.73 Å². The number of halogens is 2. The van der Waals surface area contributed by atoms with Gasteiger partial charge in [-0.2, -0.15) is 0 Å². The largest absolute Gasteiger partial charge is 0.329 e. The Balaban J connectivity index is 2.98. The normalized spacial score (nSPS) is 13.1. The number of likely N-dealkylation sites (N-methyl/N-ethyl adjacent to an activating group) is 1. The van der Waals surface area contributed by atoms with Crippen molar-refractivity contribution in [3.8, 4) is 0 Å². The smallest absolute Gasteiger partial charge is 0.128 e. The summed E-state index contributed by atoms with van der Waals surface area (Å²) in [4.78, 5) is 1.94. The van der Waals surface area contributed by atoms with Crippen molar-refractivity contribution in [2.45, 2.75) is 19.4 Å². The highest BCUT2D eigenvalue weighted by Gasteiger charge is 2.18. The second-order valence-electron chi connectivity index (χ2n) is 3.90. The van der Waals surface area contributed by atoms with Crippen LogP contribution in [-0.4, -0.2) is 25.0 Å². The summed E-state index contributed by atoms with van der Waals surface area (Å²) in [5.41, 5.74) is 5.96. The third kappa shape index (κ3) is 3.00. The van der Waals surface area contributed by atoms with Gasteiger partial charge in [0.1, 0.15) is 11.6 Å². The summed E-state index contributed by atoms with van der Waals surface area (Å²) in [6.45, 7) is 3.11. The summed E-state index contributed by atoms with van der Waals surface area (Å²) in [6, 6.07) is 3.22. The fourth-order valence-electron chi connectivity index (χ4n) is 1.82. The van der Waals surface area contributed by atoms with Crippen LogP contribution in [0.5, 0.6) is 0 Å². The lowest BCUT2D eigenvalue weighted by Crippen LogP contribution is -2.31.